The molecule has 0 spiro atoms. The van der Waals surface area contributed by atoms with Crippen molar-refractivity contribution < 1.29 is 23.8 Å². The van der Waals surface area contributed by atoms with Crippen LogP contribution in [0.4, 0.5) is 0 Å². The summed E-state index contributed by atoms with van der Waals surface area (Å²) in [5, 5.41) is 10.1. The number of ether oxygens (including phenoxy) is 2. The largest absolute Gasteiger partial charge is 0.508 e. The molecular weight excluding hydrogens is 370 g/mol. The van der Waals surface area contributed by atoms with E-state index in [0.29, 0.717) is 42.3 Å². The number of aromatic hydroxyl groups is 1. The van der Waals surface area contributed by atoms with Crippen molar-refractivity contribution in [3.05, 3.63) is 77.7 Å². The first-order chi connectivity index (χ1) is 14.1. The first-order valence-electron chi connectivity index (χ1n) is 9.39. The molecule has 0 aliphatic carbocycles. The number of hydrogen-bond acceptors (Lipinski definition) is 5. The number of nitrogens with zero attached hydrogens (tertiary/aromatic N) is 1. The minimum Gasteiger partial charge on any atom is -0.508 e. The summed E-state index contributed by atoms with van der Waals surface area (Å²) in [5.41, 5.74) is 1.59. The molecule has 1 aromatic heterocycles. The Hall–Kier alpha value is -3.41. The van der Waals surface area contributed by atoms with Crippen LogP contribution in [-0.4, -0.2) is 30.1 Å². The molecule has 0 saturated heterocycles. The van der Waals surface area contributed by atoms with Crippen LogP contribution >= 0.6 is 0 Å². The summed E-state index contributed by atoms with van der Waals surface area (Å²) in [6, 6.07) is 16.3. The van der Waals surface area contributed by atoms with Crippen molar-refractivity contribution in [2.75, 3.05) is 14.2 Å². The number of hydrogen-bond donors (Lipinski definition) is 1. The maximum Gasteiger partial charge on any atom is 0.223 e. The van der Waals surface area contributed by atoms with E-state index in [2.05, 4.69) is 0 Å². The van der Waals surface area contributed by atoms with E-state index in [4.69, 9.17) is 13.9 Å². The highest BCUT2D eigenvalue weighted by Crippen LogP contribution is 2.31. The quantitative estimate of drug-likeness (QED) is 0.589. The van der Waals surface area contributed by atoms with Crippen LogP contribution in [0.2, 0.25) is 0 Å². The van der Waals surface area contributed by atoms with E-state index in [9.17, 15) is 9.90 Å². The molecule has 2 aromatic carbocycles. The topological polar surface area (TPSA) is 72.1 Å². The van der Waals surface area contributed by atoms with Crippen molar-refractivity contribution in [3.63, 3.8) is 0 Å². The number of rotatable bonds is 9. The van der Waals surface area contributed by atoms with E-state index in [1.54, 1.807) is 43.6 Å². The van der Waals surface area contributed by atoms with Gasteiger partial charge in [0.05, 0.1) is 27.0 Å². The summed E-state index contributed by atoms with van der Waals surface area (Å²) in [7, 11) is 3.18. The fraction of sp³-hybridized carbons (Fsp3) is 0.261. The smallest absolute Gasteiger partial charge is 0.223 e. The molecule has 0 atom stereocenters. The molecule has 1 heterocycles. The number of benzene rings is 2. The molecule has 0 radical (unpaired) electrons. The van der Waals surface area contributed by atoms with E-state index in [0.717, 1.165) is 5.56 Å². The Balaban J connectivity index is 1.75. The lowest BCUT2D eigenvalue weighted by molar-refractivity contribution is -0.132. The van der Waals surface area contributed by atoms with Gasteiger partial charge in [0.2, 0.25) is 5.91 Å². The van der Waals surface area contributed by atoms with E-state index in [-0.39, 0.29) is 18.1 Å². The maximum absolute atomic E-state index is 13.0. The summed E-state index contributed by atoms with van der Waals surface area (Å²) < 4.78 is 16.2. The van der Waals surface area contributed by atoms with Crippen LogP contribution in [0.25, 0.3) is 0 Å². The van der Waals surface area contributed by atoms with Crippen molar-refractivity contribution in [2.45, 2.75) is 25.9 Å². The van der Waals surface area contributed by atoms with Crippen molar-refractivity contribution >= 4 is 5.91 Å². The second-order valence-electron chi connectivity index (χ2n) is 6.61. The maximum atomic E-state index is 13.0. The lowest BCUT2D eigenvalue weighted by Crippen LogP contribution is -2.30. The minimum absolute atomic E-state index is 0.0467. The zero-order valence-corrected chi connectivity index (χ0v) is 16.6. The van der Waals surface area contributed by atoms with Crippen LogP contribution in [-0.2, 0) is 24.3 Å². The highest BCUT2D eigenvalue weighted by Gasteiger charge is 2.19. The van der Waals surface area contributed by atoms with Gasteiger partial charge < -0.3 is 23.9 Å². The lowest BCUT2D eigenvalue weighted by Gasteiger charge is -2.23. The molecule has 3 rings (SSSR count). The van der Waals surface area contributed by atoms with Gasteiger partial charge in [0.1, 0.15) is 11.5 Å². The molecule has 0 bridgehead atoms. The second-order valence-corrected chi connectivity index (χ2v) is 6.61. The summed E-state index contributed by atoms with van der Waals surface area (Å²) in [5.74, 6) is 2.08. The molecule has 29 heavy (non-hydrogen) atoms. The average Bonchev–Trinajstić information content (AvgIpc) is 3.25. The molecule has 1 N–H and O–H groups in total. The number of carbonyl (C=O) groups is 1. The normalized spacial score (nSPS) is 10.6. The summed E-state index contributed by atoms with van der Waals surface area (Å²) >= 11 is 0. The van der Waals surface area contributed by atoms with Crippen molar-refractivity contribution in [2.24, 2.45) is 0 Å². The summed E-state index contributed by atoms with van der Waals surface area (Å²) in [6.07, 6.45) is 2.38. The monoisotopic (exact) mass is 395 g/mol. The molecule has 1 amide bonds. The highest BCUT2D eigenvalue weighted by atomic mass is 16.5. The number of phenolic OH excluding ortho intramolecular Hbond substituents is 1. The van der Waals surface area contributed by atoms with Gasteiger partial charge in [0, 0.05) is 18.5 Å². The second kappa shape index (κ2) is 9.68. The molecule has 6 nitrogen and oxygen atoms in total. The Morgan fingerprint density at radius 3 is 2.45 bits per heavy atom. The molecule has 0 aliphatic rings. The van der Waals surface area contributed by atoms with Crippen LogP contribution in [0.3, 0.4) is 0 Å². The minimum atomic E-state index is -0.0467. The molecule has 0 fully saturated rings. The average molecular weight is 395 g/mol. The van der Waals surface area contributed by atoms with Gasteiger partial charge in [-0.05, 0) is 36.2 Å². The Labute approximate surface area is 170 Å². The first kappa shape index (κ1) is 20.3. The Morgan fingerprint density at radius 2 is 1.76 bits per heavy atom. The molecule has 0 aliphatic heterocycles. The third-order valence-electron chi connectivity index (χ3n) is 4.73. The zero-order valence-electron chi connectivity index (χ0n) is 16.6. The van der Waals surface area contributed by atoms with E-state index < -0.39 is 0 Å². The van der Waals surface area contributed by atoms with Gasteiger partial charge in [-0.1, -0.05) is 30.3 Å². The Morgan fingerprint density at radius 1 is 0.966 bits per heavy atom. The number of phenols is 1. The van der Waals surface area contributed by atoms with Crippen LogP contribution in [0, 0.1) is 0 Å². The van der Waals surface area contributed by atoms with Crippen LogP contribution in [0.5, 0.6) is 17.2 Å². The standard InChI is InChI=1S/C23H25NO5/c1-27-21-11-5-8-17(23(21)28-2)12-13-22(26)24(16-19-9-6-14-29-19)15-18-7-3-4-10-20(18)25/h3-11,14,25H,12-13,15-16H2,1-2H3. The number of methoxy groups -OCH3 is 2. The number of furan rings is 1. The highest BCUT2D eigenvalue weighted by molar-refractivity contribution is 5.76. The van der Waals surface area contributed by atoms with Gasteiger partial charge in [0.15, 0.2) is 11.5 Å². The van der Waals surface area contributed by atoms with E-state index >= 15 is 0 Å². The van der Waals surface area contributed by atoms with Crippen LogP contribution in [0.1, 0.15) is 23.3 Å². The van der Waals surface area contributed by atoms with E-state index in [1.165, 1.54) is 0 Å². The van der Waals surface area contributed by atoms with Gasteiger partial charge in [-0.3, -0.25) is 4.79 Å². The van der Waals surface area contributed by atoms with Crippen molar-refractivity contribution in [1.29, 1.82) is 0 Å². The zero-order chi connectivity index (χ0) is 20.6. The van der Waals surface area contributed by atoms with Crippen LogP contribution in [0.15, 0.2) is 65.3 Å². The lowest BCUT2D eigenvalue weighted by atomic mass is 10.1. The van der Waals surface area contributed by atoms with Crippen LogP contribution < -0.4 is 9.47 Å². The third kappa shape index (κ3) is 5.10. The molecule has 152 valence electrons. The third-order valence-corrected chi connectivity index (χ3v) is 4.73. The predicted molar refractivity (Wildman–Crippen MR) is 109 cm³/mol. The van der Waals surface area contributed by atoms with Gasteiger partial charge >= 0.3 is 0 Å². The fourth-order valence-electron chi connectivity index (χ4n) is 3.22. The summed E-state index contributed by atoms with van der Waals surface area (Å²) in [6.45, 7) is 0.622. The fourth-order valence-corrected chi connectivity index (χ4v) is 3.22. The molecule has 6 heteroatoms. The SMILES string of the molecule is COc1cccc(CCC(=O)N(Cc2ccco2)Cc2ccccc2O)c1OC. The first-order valence-corrected chi connectivity index (χ1v) is 9.39. The van der Waals surface area contributed by atoms with Crippen molar-refractivity contribution in [1.82, 2.24) is 4.90 Å². The number of para-hydroxylation sites is 2. The Kier molecular flexibility index (Phi) is 6.79. The number of aryl methyl sites for hydroxylation is 1. The van der Waals surface area contributed by atoms with Gasteiger partial charge in [-0.25, -0.2) is 0 Å². The Bertz CT molecular complexity index is 936. The summed E-state index contributed by atoms with van der Waals surface area (Å²) in [4.78, 5) is 14.7. The molecule has 3 aromatic rings. The molecule has 0 saturated carbocycles. The number of amides is 1. The van der Waals surface area contributed by atoms with Gasteiger partial charge in [-0.2, -0.15) is 0 Å². The number of carbonyl (C=O) groups excluding carboxylic acids is 1. The van der Waals surface area contributed by atoms with E-state index in [1.807, 2.05) is 36.4 Å². The van der Waals surface area contributed by atoms with Gasteiger partial charge in [-0.15, -0.1) is 0 Å². The van der Waals surface area contributed by atoms with Gasteiger partial charge in [0.25, 0.3) is 0 Å². The predicted octanol–water partition coefficient (Wildman–Crippen LogP) is 4.16. The van der Waals surface area contributed by atoms with Crippen molar-refractivity contribution in [3.8, 4) is 17.2 Å². The molecular formula is C23H25NO5. The molecule has 0 unspecified atom stereocenters.